The Labute approximate surface area is 170 Å². The van der Waals surface area contributed by atoms with Gasteiger partial charge in [-0.05, 0) is 25.5 Å². The van der Waals surface area contributed by atoms with Gasteiger partial charge in [0.15, 0.2) is 17.3 Å². The van der Waals surface area contributed by atoms with Crippen LogP contribution < -0.4 is 5.56 Å². The summed E-state index contributed by atoms with van der Waals surface area (Å²) >= 11 is 0. The molecular weight excluding hydrogens is 366 g/mol. The predicted octanol–water partition coefficient (Wildman–Crippen LogP) is 5.51. The average Bonchev–Trinajstić information content (AvgIpc) is 3.11. The van der Waals surface area contributed by atoms with Gasteiger partial charge in [0.05, 0.1) is 5.52 Å². The van der Waals surface area contributed by atoms with Gasteiger partial charge in [-0.3, -0.25) is 9.48 Å². The van der Waals surface area contributed by atoms with E-state index in [0.29, 0.717) is 16.7 Å². The lowest BCUT2D eigenvalue weighted by atomic mass is 9.91. The van der Waals surface area contributed by atoms with E-state index >= 15 is 0 Å². The lowest BCUT2D eigenvalue weighted by Gasteiger charge is -2.23. The summed E-state index contributed by atoms with van der Waals surface area (Å²) in [4.78, 5) is 12.7. The highest BCUT2D eigenvalue weighted by Crippen LogP contribution is 2.33. The Morgan fingerprint density at radius 2 is 1.90 bits per heavy atom. The van der Waals surface area contributed by atoms with Crippen LogP contribution in [0.5, 0.6) is 5.75 Å². The fourth-order valence-corrected chi connectivity index (χ4v) is 3.52. The lowest BCUT2D eigenvalue weighted by Crippen LogP contribution is -2.20. The summed E-state index contributed by atoms with van der Waals surface area (Å²) in [6.45, 7) is 10.7. The maximum absolute atomic E-state index is 12.7. The molecule has 3 rings (SSSR count). The molecule has 0 aliphatic heterocycles. The van der Waals surface area contributed by atoms with Gasteiger partial charge >= 0.3 is 0 Å². The number of aromatic nitrogens is 3. The van der Waals surface area contributed by atoms with Crippen molar-refractivity contribution in [1.82, 2.24) is 14.3 Å². The SMILES string of the molecule is CCCC(C)n1nc(N=Nc2c(O)c3ccccc3n(C)c2=O)cc1C(C)(C)C. The number of aromatic hydroxyl groups is 1. The van der Waals surface area contributed by atoms with Crippen LogP contribution in [0.3, 0.4) is 0 Å². The minimum atomic E-state index is -0.403. The first kappa shape index (κ1) is 20.8. The van der Waals surface area contributed by atoms with E-state index in [9.17, 15) is 9.90 Å². The van der Waals surface area contributed by atoms with Crippen molar-refractivity contribution in [3.05, 3.63) is 46.4 Å². The predicted molar refractivity (Wildman–Crippen MR) is 116 cm³/mol. The van der Waals surface area contributed by atoms with Gasteiger partial charge in [0.1, 0.15) is 0 Å². The Balaban J connectivity index is 2.08. The van der Waals surface area contributed by atoms with E-state index in [0.717, 1.165) is 18.5 Å². The third kappa shape index (κ3) is 3.95. The molecule has 0 bridgehead atoms. The molecule has 1 aromatic carbocycles. The van der Waals surface area contributed by atoms with Crippen molar-refractivity contribution < 1.29 is 5.11 Å². The first-order valence-electron chi connectivity index (χ1n) is 9.97. The Kier molecular flexibility index (Phi) is 5.59. The number of benzene rings is 1. The zero-order chi connectivity index (χ0) is 21.3. The molecule has 7 nitrogen and oxygen atoms in total. The third-order valence-electron chi connectivity index (χ3n) is 5.12. The van der Waals surface area contributed by atoms with Crippen LogP contribution in [-0.2, 0) is 12.5 Å². The fourth-order valence-electron chi connectivity index (χ4n) is 3.52. The topological polar surface area (TPSA) is 84.8 Å². The molecule has 1 unspecified atom stereocenters. The van der Waals surface area contributed by atoms with Gasteiger partial charge in [0.25, 0.3) is 5.56 Å². The summed E-state index contributed by atoms with van der Waals surface area (Å²) in [5.41, 5.74) is 1.10. The third-order valence-corrected chi connectivity index (χ3v) is 5.12. The maximum Gasteiger partial charge on any atom is 0.282 e. The summed E-state index contributed by atoms with van der Waals surface area (Å²) in [6.07, 6.45) is 2.07. The van der Waals surface area contributed by atoms with Crippen LogP contribution in [0.4, 0.5) is 11.5 Å². The molecule has 0 saturated carbocycles. The Hall–Kier alpha value is -2.96. The van der Waals surface area contributed by atoms with Crippen LogP contribution >= 0.6 is 0 Å². The highest BCUT2D eigenvalue weighted by molar-refractivity contribution is 5.89. The number of pyridine rings is 1. The summed E-state index contributed by atoms with van der Waals surface area (Å²) in [5.74, 6) is 0.259. The smallest absolute Gasteiger partial charge is 0.282 e. The Morgan fingerprint density at radius 3 is 2.55 bits per heavy atom. The first-order valence-corrected chi connectivity index (χ1v) is 9.97. The molecule has 154 valence electrons. The summed E-state index contributed by atoms with van der Waals surface area (Å²) in [7, 11) is 1.65. The van der Waals surface area contributed by atoms with Crippen LogP contribution in [0, 0.1) is 0 Å². The molecule has 7 heteroatoms. The van der Waals surface area contributed by atoms with Gasteiger partial charge in [0, 0.05) is 35.7 Å². The first-order chi connectivity index (χ1) is 13.6. The molecule has 0 saturated heterocycles. The van der Waals surface area contributed by atoms with Crippen molar-refractivity contribution in [1.29, 1.82) is 0 Å². The number of hydrogen-bond donors (Lipinski definition) is 1. The van der Waals surface area contributed by atoms with Crippen LogP contribution in [0.15, 0.2) is 45.4 Å². The summed E-state index contributed by atoms with van der Waals surface area (Å²) < 4.78 is 3.46. The Bertz CT molecular complexity index is 1120. The van der Waals surface area contributed by atoms with Crippen molar-refractivity contribution in [2.45, 2.75) is 58.9 Å². The van der Waals surface area contributed by atoms with E-state index in [1.807, 2.05) is 16.8 Å². The van der Waals surface area contributed by atoms with Gasteiger partial charge in [-0.25, -0.2) is 0 Å². The van der Waals surface area contributed by atoms with E-state index in [1.54, 1.807) is 25.2 Å². The second-order valence-electron chi connectivity index (χ2n) is 8.50. The van der Waals surface area contributed by atoms with Gasteiger partial charge in [-0.15, -0.1) is 10.2 Å². The molecule has 2 heterocycles. The highest BCUT2D eigenvalue weighted by Gasteiger charge is 2.23. The number of aryl methyl sites for hydroxylation is 1. The molecule has 29 heavy (non-hydrogen) atoms. The standard InChI is InChI=1S/C22H29N5O2/c1-7-10-14(2)27-17(22(3,4)5)13-18(25-27)23-24-19-20(28)15-11-8-9-12-16(15)26(6)21(19)29/h8-9,11-14,28H,7,10H2,1-6H3. The summed E-state index contributed by atoms with van der Waals surface area (Å²) in [6, 6.07) is 9.30. The van der Waals surface area contributed by atoms with E-state index in [-0.39, 0.29) is 22.9 Å². The monoisotopic (exact) mass is 395 g/mol. The molecule has 0 radical (unpaired) electrons. The number of azo groups is 1. The molecular formula is C22H29N5O2. The van der Waals surface area contributed by atoms with Crippen LogP contribution in [0.1, 0.15) is 59.2 Å². The van der Waals surface area contributed by atoms with E-state index < -0.39 is 5.56 Å². The molecule has 0 amide bonds. The number of rotatable bonds is 5. The molecule has 2 aromatic heterocycles. The number of nitrogens with zero attached hydrogens (tertiary/aromatic N) is 5. The van der Waals surface area contributed by atoms with Crippen molar-refractivity contribution in [2.75, 3.05) is 0 Å². The minimum Gasteiger partial charge on any atom is -0.505 e. The average molecular weight is 396 g/mol. The number of para-hydroxylation sites is 1. The molecule has 0 aliphatic rings. The van der Waals surface area contributed by atoms with Crippen molar-refractivity contribution in [3.63, 3.8) is 0 Å². The van der Waals surface area contributed by atoms with E-state index in [2.05, 4.69) is 49.9 Å². The molecule has 1 atom stereocenters. The van der Waals surface area contributed by atoms with Crippen LogP contribution in [-0.4, -0.2) is 19.5 Å². The van der Waals surface area contributed by atoms with Gasteiger partial charge < -0.3 is 9.67 Å². The largest absolute Gasteiger partial charge is 0.505 e. The van der Waals surface area contributed by atoms with E-state index in [4.69, 9.17) is 0 Å². The van der Waals surface area contributed by atoms with Crippen molar-refractivity contribution in [2.24, 2.45) is 17.3 Å². The van der Waals surface area contributed by atoms with E-state index in [1.165, 1.54) is 4.57 Å². The van der Waals surface area contributed by atoms with Crippen LogP contribution in [0.2, 0.25) is 0 Å². The van der Waals surface area contributed by atoms with Gasteiger partial charge in [-0.2, -0.15) is 5.10 Å². The lowest BCUT2D eigenvalue weighted by molar-refractivity contribution is 0.404. The second-order valence-corrected chi connectivity index (χ2v) is 8.50. The van der Waals surface area contributed by atoms with Crippen LogP contribution in [0.25, 0.3) is 10.9 Å². The van der Waals surface area contributed by atoms with Crippen molar-refractivity contribution in [3.8, 4) is 5.75 Å². The number of hydrogen-bond acceptors (Lipinski definition) is 5. The van der Waals surface area contributed by atoms with Gasteiger partial charge in [-0.1, -0.05) is 46.2 Å². The normalized spacial score (nSPS) is 13.4. The zero-order valence-electron chi connectivity index (χ0n) is 18.0. The minimum absolute atomic E-state index is 0.0836. The highest BCUT2D eigenvalue weighted by atomic mass is 16.3. The fraction of sp³-hybridized carbons (Fsp3) is 0.455. The Morgan fingerprint density at radius 1 is 1.21 bits per heavy atom. The molecule has 0 aliphatic carbocycles. The number of fused-ring (bicyclic) bond motifs is 1. The zero-order valence-corrected chi connectivity index (χ0v) is 18.0. The maximum atomic E-state index is 12.7. The molecule has 0 spiro atoms. The van der Waals surface area contributed by atoms with Crippen molar-refractivity contribution >= 4 is 22.4 Å². The molecule has 3 aromatic rings. The van der Waals surface area contributed by atoms with Gasteiger partial charge in [0.2, 0.25) is 0 Å². The second kappa shape index (κ2) is 7.81. The molecule has 1 N–H and O–H groups in total. The summed E-state index contributed by atoms with van der Waals surface area (Å²) in [5, 5.41) is 24.1. The molecule has 0 fully saturated rings. The quantitative estimate of drug-likeness (QED) is 0.578.